The summed E-state index contributed by atoms with van der Waals surface area (Å²) in [5.41, 5.74) is 6.54. The molecule has 0 aromatic carbocycles. The zero-order chi connectivity index (χ0) is 12.9. The highest BCUT2D eigenvalue weighted by Crippen LogP contribution is 2.16. The fourth-order valence-electron chi connectivity index (χ4n) is 1.61. The summed E-state index contributed by atoms with van der Waals surface area (Å²) in [5, 5.41) is 2.85. The van der Waals surface area contributed by atoms with Gasteiger partial charge >= 0.3 is 0 Å². The molecular formula is C12H22N4O. The topological polar surface area (TPSA) is 72.9 Å². The van der Waals surface area contributed by atoms with Gasteiger partial charge < -0.3 is 15.6 Å². The lowest BCUT2D eigenvalue weighted by Crippen LogP contribution is -2.32. The molecule has 0 aliphatic rings. The quantitative estimate of drug-likeness (QED) is 0.776. The van der Waals surface area contributed by atoms with Gasteiger partial charge in [0.1, 0.15) is 0 Å². The van der Waals surface area contributed by atoms with Crippen LogP contribution in [0.3, 0.4) is 0 Å². The maximum absolute atomic E-state index is 11.5. The highest BCUT2D eigenvalue weighted by Gasteiger charge is 2.19. The summed E-state index contributed by atoms with van der Waals surface area (Å²) in [4.78, 5) is 15.6. The largest absolute Gasteiger partial charge is 0.356 e. The molecule has 96 valence electrons. The number of rotatable bonds is 6. The molecule has 0 aliphatic heterocycles. The highest BCUT2D eigenvalue weighted by molar-refractivity contribution is 5.75. The van der Waals surface area contributed by atoms with Crippen molar-refractivity contribution >= 4 is 5.91 Å². The minimum Gasteiger partial charge on any atom is -0.356 e. The number of aryl methyl sites for hydroxylation is 1. The molecule has 0 atom stereocenters. The van der Waals surface area contributed by atoms with E-state index in [9.17, 15) is 4.79 Å². The van der Waals surface area contributed by atoms with Crippen LogP contribution >= 0.6 is 0 Å². The van der Waals surface area contributed by atoms with E-state index >= 15 is 0 Å². The SMILES string of the molecule is CCCNC(=O)CCn1cncc1C(C)(C)N. The molecule has 1 aromatic rings. The van der Waals surface area contributed by atoms with Crippen LogP contribution in [0.4, 0.5) is 0 Å². The maximum Gasteiger partial charge on any atom is 0.221 e. The fourth-order valence-corrected chi connectivity index (χ4v) is 1.61. The number of carbonyl (C=O) groups is 1. The lowest BCUT2D eigenvalue weighted by Gasteiger charge is -2.20. The number of nitrogens with two attached hydrogens (primary N) is 1. The van der Waals surface area contributed by atoms with E-state index in [2.05, 4.69) is 10.3 Å². The van der Waals surface area contributed by atoms with Crippen molar-refractivity contribution in [2.75, 3.05) is 6.54 Å². The van der Waals surface area contributed by atoms with Gasteiger partial charge in [-0.3, -0.25) is 4.79 Å². The summed E-state index contributed by atoms with van der Waals surface area (Å²) < 4.78 is 1.94. The Hall–Kier alpha value is -1.36. The molecule has 1 heterocycles. The van der Waals surface area contributed by atoms with E-state index in [1.807, 2.05) is 25.3 Å². The lowest BCUT2D eigenvalue weighted by molar-refractivity contribution is -0.121. The average molecular weight is 238 g/mol. The van der Waals surface area contributed by atoms with Crippen LogP contribution in [0.25, 0.3) is 0 Å². The summed E-state index contributed by atoms with van der Waals surface area (Å²) in [5.74, 6) is 0.0707. The molecule has 0 unspecified atom stereocenters. The first kappa shape index (κ1) is 13.7. The third-order valence-corrected chi connectivity index (χ3v) is 2.52. The Labute approximate surface area is 102 Å². The van der Waals surface area contributed by atoms with Crippen LogP contribution in [0, 0.1) is 0 Å². The van der Waals surface area contributed by atoms with Crippen LogP contribution < -0.4 is 11.1 Å². The van der Waals surface area contributed by atoms with E-state index < -0.39 is 5.54 Å². The zero-order valence-electron chi connectivity index (χ0n) is 10.9. The Balaban J connectivity index is 2.53. The van der Waals surface area contributed by atoms with Gasteiger partial charge in [-0.05, 0) is 20.3 Å². The molecule has 0 aliphatic carbocycles. The van der Waals surface area contributed by atoms with Crippen molar-refractivity contribution in [1.29, 1.82) is 0 Å². The van der Waals surface area contributed by atoms with E-state index in [0.717, 1.165) is 18.7 Å². The first-order chi connectivity index (χ1) is 7.95. The van der Waals surface area contributed by atoms with Crippen molar-refractivity contribution in [2.45, 2.75) is 45.7 Å². The number of nitrogens with one attached hydrogen (secondary N) is 1. The van der Waals surface area contributed by atoms with Crippen LogP contribution in [0.2, 0.25) is 0 Å². The Morgan fingerprint density at radius 3 is 2.88 bits per heavy atom. The predicted molar refractivity (Wildman–Crippen MR) is 67.4 cm³/mol. The normalized spacial score (nSPS) is 11.5. The number of aromatic nitrogens is 2. The van der Waals surface area contributed by atoms with E-state index in [-0.39, 0.29) is 5.91 Å². The summed E-state index contributed by atoms with van der Waals surface area (Å²) >= 11 is 0. The highest BCUT2D eigenvalue weighted by atomic mass is 16.1. The van der Waals surface area contributed by atoms with Gasteiger partial charge in [0.25, 0.3) is 0 Å². The fraction of sp³-hybridized carbons (Fsp3) is 0.667. The summed E-state index contributed by atoms with van der Waals surface area (Å²) in [6, 6.07) is 0. The van der Waals surface area contributed by atoms with Gasteiger partial charge in [-0.1, -0.05) is 6.92 Å². The number of amides is 1. The van der Waals surface area contributed by atoms with E-state index in [0.29, 0.717) is 13.0 Å². The average Bonchev–Trinajstić information content (AvgIpc) is 2.71. The predicted octanol–water partition coefficient (Wildman–Crippen LogP) is 0.993. The Bertz CT molecular complexity index is 365. The Morgan fingerprint density at radius 2 is 2.29 bits per heavy atom. The number of imidazole rings is 1. The molecular weight excluding hydrogens is 216 g/mol. The standard InChI is InChI=1S/C12H22N4O/c1-4-6-15-11(17)5-7-16-9-14-8-10(16)12(2,3)13/h8-9H,4-7,13H2,1-3H3,(H,15,17). The van der Waals surface area contributed by atoms with Crippen molar-refractivity contribution < 1.29 is 4.79 Å². The second-order valence-electron chi connectivity index (χ2n) is 4.79. The molecule has 5 heteroatoms. The van der Waals surface area contributed by atoms with Gasteiger partial charge in [0.05, 0.1) is 17.6 Å². The van der Waals surface area contributed by atoms with Gasteiger partial charge in [0, 0.05) is 25.7 Å². The van der Waals surface area contributed by atoms with Crippen molar-refractivity contribution in [2.24, 2.45) is 5.73 Å². The van der Waals surface area contributed by atoms with Gasteiger partial charge in [0.2, 0.25) is 5.91 Å². The van der Waals surface area contributed by atoms with Gasteiger partial charge in [-0.25, -0.2) is 4.98 Å². The van der Waals surface area contributed by atoms with Gasteiger partial charge in [0.15, 0.2) is 0 Å². The molecule has 5 nitrogen and oxygen atoms in total. The molecule has 17 heavy (non-hydrogen) atoms. The molecule has 1 rings (SSSR count). The number of carbonyl (C=O) groups excluding carboxylic acids is 1. The van der Waals surface area contributed by atoms with Crippen LogP contribution in [-0.4, -0.2) is 22.0 Å². The third kappa shape index (κ3) is 4.19. The van der Waals surface area contributed by atoms with E-state index in [4.69, 9.17) is 5.73 Å². The Morgan fingerprint density at radius 1 is 1.59 bits per heavy atom. The van der Waals surface area contributed by atoms with Crippen LogP contribution in [0.15, 0.2) is 12.5 Å². The van der Waals surface area contributed by atoms with Crippen molar-refractivity contribution in [3.05, 3.63) is 18.2 Å². The molecule has 3 N–H and O–H groups in total. The minimum absolute atomic E-state index is 0.0707. The van der Waals surface area contributed by atoms with Crippen LogP contribution in [0.1, 0.15) is 39.3 Å². The molecule has 1 amide bonds. The summed E-state index contributed by atoms with van der Waals surface area (Å²) in [6.07, 6.45) is 4.89. The second kappa shape index (κ2) is 5.82. The van der Waals surface area contributed by atoms with Gasteiger partial charge in [-0.15, -0.1) is 0 Å². The number of hydrogen-bond acceptors (Lipinski definition) is 3. The summed E-state index contributed by atoms with van der Waals surface area (Å²) in [6.45, 7) is 7.24. The first-order valence-electron chi connectivity index (χ1n) is 6.01. The van der Waals surface area contributed by atoms with E-state index in [1.54, 1.807) is 12.5 Å². The molecule has 0 fully saturated rings. The van der Waals surface area contributed by atoms with Gasteiger partial charge in [-0.2, -0.15) is 0 Å². The molecule has 0 saturated heterocycles. The molecule has 1 aromatic heterocycles. The molecule has 0 radical (unpaired) electrons. The molecule has 0 bridgehead atoms. The summed E-state index contributed by atoms with van der Waals surface area (Å²) in [7, 11) is 0. The molecule has 0 saturated carbocycles. The Kier molecular flexibility index (Phi) is 4.69. The molecule has 0 spiro atoms. The number of hydrogen-bond donors (Lipinski definition) is 2. The lowest BCUT2D eigenvalue weighted by atomic mass is 10.0. The van der Waals surface area contributed by atoms with Crippen molar-refractivity contribution in [1.82, 2.24) is 14.9 Å². The van der Waals surface area contributed by atoms with Crippen LogP contribution in [0.5, 0.6) is 0 Å². The van der Waals surface area contributed by atoms with Crippen molar-refractivity contribution in [3.63, 3.8) is 0 Å². The van der Waals surface area contributed by atoms with E-state index in [1.165, 1.54) is 0 Å². The maximum atomic E-state index is 11.5. The second-order valence-corrected chi connectivity index (χ2v) is 4.79. The minimum atomic E-state index is -0.434. The monoisotopic (exact) mass is 238 g/mol. The third-order valence-electron chi connectivity index (χ3n) is 2.52. The zero-order valence-corrected chi connectivity index (χ0v) is 10.9. The van der Waals surface area contributed by atoms with Crippen LogP contribution in [-0.2, 0) is 16.9 Å². The van der Waals surface area contributed by atoms with Crippen molar-refractivity contribution in [3.8, 4) is 0 Å². The smallest absolute Gasteiger partial charge is 0.221 e. The number of nitrogens with zero attached hydrogens (tertiary/aromatic N) is 2. The first-order valence-corrected chi connectivity index (χ1v) is 6.01.